The highest BCUT2D eigenvalue weighted by Gasteiger charge is 2.24. The predicted molar refractivity (Wildman–Crippen MR) is 78.2 cm³/mol. The second-order valence-electron chi connectivity index (χ2n) is 5.01. The zero-order chi connectivity index (χ0) is 15.2. The normalized spacial score (nSPS) is 18.7. The molecule has 0 radical (unpaired) electrons. The highest BCUT2D eigenvalue weighted by molar-refractivity contribution is 5.94. The summed E-state index contributed by atoms with van der Waals surface area (Å²) in [6.45, 7) is 2.80. The number of rotatable bonds is 3. The van der Waals surface area contributed by atoms with Gasteiger partial charge < -0.3 is 15.8 Å². The van der Waals surface area contributed by atoms with Crippen molar-refractivity contribution in [3.05, 3.63) is 35.1 Å². The molecule has 1 heterocycles. The van der Waals surface area contributed by atoms with E-state index in [-0.39, 0.29) is 24.3 Å². The van der Waals surface area contributed by atoms with Gasteiger partial charge in [0.15, 0.2) is 0 Å². The highest BCUT2D eigenvalue weighted by atomic mass is 19.1. The third-order valence-corrected chi connectivity index (χ3v) is 3.43. The third kappa shape index (κ3) is 4.03. The minimum Gasteiger partial charge on any atom is -0.376 e. The summed E-state index contributed by atoms with van der Waals surface area (Å²) in [5, 5.41) is 2.78. The first-order valence-electron chi connectivity index (χ1n) is 7.02. The number of carbonyl (C=O) groups excluding carboxylic acids is 1. The first kappa shape index (κ1) is 15.5. The smallest absolute Gasteiger partial charge is 0.254 e. The first-order valence-corrected chi connectivity index (χ1v) is 7.02. The lowest BCUT2D eigenvalue weighted by Crippen LogP contribution is -2.41. The number of carbonyl (C=O) groups is 1. The molecule has 1 saturated heterocycles. The van der Waals surface area contributed by atoms with Crippen LogP contribution >= 0.6 is 0 Å². The maximum Gasteiger partial charge on any atom is 0.254 e. The lowest BCUT2D eigenvalue weighted by molar-refractivity contribution is 0.0710. The van der Waals surface area contributed by atoms with Crippen LogP contribution in [0.3, 0.4) is 0 Å². The average Bonchev–Trinajstić information content (AvgIpc) is 2.99. The Bertz CT molecular complexity index is 571. The second-order valence-corrected chi connectivity index (χ2v) is 5.01. The molecule has 1 aromatic carbocycles. The fourth-order valence-corrected chi connectivity index (χ4v) is 2.30. The second kappa shape index (κ2) is 7.21. The topological polar surface area (TPSA) is 64.4 Å². The molecule has 0 bridgehead atoms. The SMILES string of the molecule is CC(NC(=O)c1ccc(C#CCN)cc1F)C1CCCO1. The van der Waals surface area contributed by atoms with E-state index in [1.807, 2.05) is 6.92 Å². The van der Waals surface area contributed by atoms with E-state index in [4.69, 9.17) is 10.5 Å². The molecule has 1 fully saturated rings. The quantitative estimate of drug-likeness (QED) is 0.828. The van der Waals surface area contributed by atoms with Gasteiger partial charge in [0.05, 0.1) is 24.3 Å². The average molecular weight is 290 g/mol. The van der Waals surface area contributed by atoms with Gasteiger partial charge in [-0.15, -0.1) is 0 Å². The monoisotopic (exact) mass is 290 g/mol. The Hall–Kier alpha value is -1.90. The molecular formula is C16H19FN2O2. The van der Waals surface area contributed by atoms with Gasteiger partial charge in [-0.3, -0.25) is 4.79 Å². The van der Waals surface area contributed by atoms with Gasteiger partial charge in [-0.05, 0) is 38.0 Å². The Balaban J connectivity index is 2.05. The molecule has 2 atom stereocenters. The first-order chi connectivity index (χ1) is 10.1. The Morgan fingerprint density at radius 2 is 2.43 bits per heavy atom. The zero-order valence-corrected chi connectivity index (χ0v) is 12.0. The fourth-order valence-electron chi connectivity index (χ4n) is 2.30. The third-order valence-electron chi connectivity index (χ3n) is 3.43. The maximum atomic E-state index is 14.0. The van der Waals surface area contributed by atoms with Crippen LogP contribution in [0, 0.1) is 17.7 Å². The number of hydrogen-bond donors (Lipinski definition) is 2. The van der Waals surface area contributed by atoms with E-state index < -0.39 is 11.7 Å². The van der Waals surface area contributed by atoms with Crippen LogP contribution in [0.4, 0.5) is 4.39 Å². The zero-order valence-electron chi connectivity index (χ0n) is 12.0. The Morgan fingerprint density at radius 1 is 1.62 bits per heavy atom. The van der Waals surface area contributed by atoms with E-state index in [2.05, 4.69) is 17.2 Å². The number of halogens is 1. The molecule has 2 unspecified atom stereocenters. The molecule has 3 N–H and O–H groups in total. The molecule has 0 aliphatic carbocycles. The number of nitrogens with one attached hydrogen (secondary N) is 1. The van der Waals surface area contributed by atoms with Crippen molar-refractivity contribution in [2.45, 2.75) is 31.9 Å². The highest BCUT2D eigenvalue weighted by Crippen LogP contribution is 2.16. The standard InChI is InChI=1S/C16H19FN2O2/c1-11(15-5-3-9-21-15)19-16(20)13-7-6-12(4-2-8-18)10-14(13)17/h6-7,10-11,15H,3,5,8-9,18H2,1H3,(H,19,20). The van der Waals surface area contributed by atoms with E-state index >= 15 is 0 Å². The molecule has 4 nitrogen and oxygen atoms in total. The molecular weight excluding hydrogens is 271 g/mol. The number of ether oxygens (including phenoxy) is 1. The lowest BCUT2D eigenvalue weighted by atomic mass is 10.1. The molecule has 112 valence electrons. The summed E-state index contributed by atoms with van der Waals surface area (Å²) in [5.41, 5.74) is 5.78. The van der Waals surface area contributed by atoms with Gasteiger partial charge in [-0.1, -0.05) is 11.8 Å². The van der Waals surface area contributed by atoms with Crippen molar-refractivity contribution < 1.29 is 13.9 Å². The summed E-state index contributed by atoms with van der Waals surface area (Å²) in [6, 6.07) is 4.15. The van der Waals surface area contributed by atoms with Crippen LogP contribution in [0.1, 0.15) is 35.7 Å². The Kier molecular flexibility index (Phi) is 5.32. The molecule has 1 aliphatic rings. The van der Waals surface area contributed by atoms with Crippen molar-refractivity contribution in [2.75, 3.05) is 13.2 Å². The number of hydrogen-bond acceptors (Lipinski definition) is 3. The van der Waals surface area contributed by atoms with Gasteiger partial charge in [0.1, 0.15) is 5.82 Å². The van der Waals surface area contributed by atoms with E-state index in [9.17, 15) is 9.18 Å². The van der Waals surface area contributed by atoms with Crippen molar-refractivity contribution in [2.24, 2.45) is 5.73 Å². The van der Waals surface area contributed by atoms with Gasteiger partial charge in [-0.25, -0.2) is 4.39 Å². The van der Waals surface area contributed by atoms with Crippen LogP contribution in [-0.2, 0) is 4.74 Å². The van der Waals surface area contributed by atoms with E-state index in [1.165, 1.54) is 12.1 Å². The van der Waals surface area contributed by atoms with Gasteiger partial charge >= 0.3 is 0 Å². The van der Waals surface area contributed by atoms with E-state index in [0.717, 1.165) is 12.8 Å². The van der Waals surface area contributed by atoms with Crippen LogP contribution in [0.15, 0.2) is 18.2 Å². The molecule has 2 rings (SSSR count). The van der Waals surface area contributed by atoms with Crippen molar-refractivity contribution >= 4 is 5.91 Å². The number of benzene rings is 1. The fraction of sp³-hybridized carbons (Fsp3) is 0.438. The van der Waals surface area contributed by atoms with Crippen LogP contribution in [0.5, 0.6) is 0 Å². The molecule has 0 aromatic heterocycles. The summed E-state index contributed by atoms with van der Waals surface area (Å²) in [4.78, 5) is 12.1. The van der Waals surface area contributed by atoms with Crippen LogP contribution in [0.25, 0.3) is 0 Å². The Labute approximate surface area is 123 Å². The molecule has 1 aromatic rings. The number of nitrogens with two attached hydrogens (primary N) is 1. The van der Waals surface area contributed by atoms with Crippen LogP contribution < -0.4 is 11.1 Å². The van der Waals surface area contributed by atoms with Crippen LogP contribution in [0.2, 0.25) is 0 Å². The maximum absolute atomic E-state index is 14.0. The summed E-state index contributed by atoms with van der Waals surface area (Å²) >= 11 is 0. The van der Waals surface area contributed by atoms with Crippen molar-refractivity contribution in [1.29, 1.82) is 0 Å². The van der Waals surface area contributed by atoms with Crippen molar-refractivity contribution in [3.63, 3.8) is 0 Å². The Morgan fingerprint density at radius 3 is 3.05 bits per heavy atom. The molecule has 21 heavy (non-hydrogen) atoms. The minimum absolute atomic E-state index is 0.00621. The molecule has 0 spiro atoms. The van der Waals surface area contributed by atoms with E-state index in [0.29, 0.717) is 12.2 Å². The molecule has 1 amide bonds. The van der Waals surface area contributed by atoms with Crippen molar-refractivity contribution in [3.8, 4) is 11.8 Å². The molecule has 5 heteroatoms. The minimum atomic E-state index is -0.587. The van der Waals surface area contributed by atoms with E-state index in [1.54, 1.807) is 6.07 Å². The van der Waals surface area contributed by atoms with Gasteiger partial charge in [0.25, 0.3) is 5.91 Å². The number of amides is 1. The van der Waals surface area contributed by atoms with Gasteiger partial charge in [0, 0.05) is 12.2 Å². The molecule has 0 saturated carbocycles. The van der Waals surface area contributed by atoms with Crippen LogP contribution in [-0.4, -0.2) is 31.2 Å². The molecule has 1 aliphatic heterocycles. The van der Waals surface area contributed by atoms with Gasteiger partial charge in [-0.2, -0.15) is 0 Å². The van der Waals surface area contributed by atoms with Crippen molar-refractivity contribution in [1.82, 2.24) is 5.32 Å². The summed E-state index contributed by atoms with van der Waals surface area (Å²) in [7, 11) is 0. The largest absolute Gasteiger partial charge is 0.376 e. The summed E-state index contributed by atoms with van der Waals surface area (Å²) in [6.07, 6.45) is 1.91. The van der Waals surface area contributed by atoms with Gasteiger partial charge in [0.2, 0.25) is 0 Å². The summed E-state index contributed by atoms with van der Waals surface area (Å²) < 4.78 is 19.5. The lowest BCUT2D eigenvalue weighted by Gasteiger charge is -2.20. The summed E-state index contributed by atoms with van der Waals surface area (Å²) in [5.74, 6) is 4.35. The predicted octanol–water partition coefficient (Wildman–Crippen LogP) is 1.43.